The SMILES string of the molecule is Cc1ccccc1OCC(=O)N1CCC[C@]2(C)NC(=O)CCC[C@H]12. The molecule has 0 radical (unpaired) electrons. The standard InChI is InChI=1S/C19H26N2O3/c1-14-7-3-4-8-15(14)24-13-18(23)21-12-6-11-19(2)16(21)9-5-10-17(22)20-19/h3-4,7-8,16H,5-6,9-13H2,1-2H3,(H,20,22)/t16-,19-/m0/s1. The lowest BCUT2D eigenvalue weighted by atomic mass is 9.81. The topological polar surface area (TPSA) is 58.6 Å². The van der Waals surface area contributed by atoms with Crippen molar-refractivity contribution in [2.24, 2.45) is 0 Å². The zero-order valence-electron chi connectivity index (χ0n) is 14.5. The van der Waals surface area contributed by atoms with Crippen molar-refractivity contribution in [3.05, 3.63) is 29.8 Å². The summed E-state index contributed by atoms with van der Waals surface area (Å²) in [4.78, 5) is 26.6. The number of piperidine rings is 1. The van der Waals surface area contributed by atoms with Gasteiger partial charge in [0.2, 0.25) is 5.91 Å². The van der Waals surface area contributed by atoms with Gasteiger partial charge in [0.1, 0.15) is 5.75 Å². The third-order valence-electron chi connectivity index (χ3n) is 5.28. The van der Waals surface area contributed by atoms with Crippen molar-refractivity contribution >= 4 is 11.8 Å². The molecule has 1 aromatic carbocycles. The second-order valence-corrected chi connectivity index (χ2v) is 7.12. The average Bonchev–Trinajstić information content (AvgIpc) is 2.70. The van der Waals surface area contributed by atoms with E-state index in [1.165, 1.54) is 0 Å². The molecule has 24 heavy (non-hydrogen) atoms. The molecule has 0 saturated carbocycles. The van der Waals surface area contributed by atoms with E-state index in [4.69, 9.17) is 4.74 Å². The summed E-state index contributed by atoms with van der Waals surface area (Å²) in [7, 11) is 0. The van der Waals surface area contributed by atoms with E-state index in [2.05, 4.69) is 12.2 Å². The number of aryl methyl sites for hydroxylation is 1. The van der Waals surface area contributed by atoms with Gasteiger partial charge in [-0.2, -0.15) is 0 Å². The van der Waals surface area contributed by atoms with Crippen LogP contribution in [0.4, 0.5) is 0 Å². The number of fused-ring (bicyclic) bond motifs is 1. The third-order valence-corrected chi connectivity index (χ3v) is 5.28. The predicted octanol–water partition coefficient (Wildman–Crippen LogP) is 2.42. The van der Waals surface area contributed by atoms with Gasteiger partial charge >= 0.3 is 0 Å². The number of carbonyl (C=O) groups is 2. The van der Waals surface area contributed by atoms with Crippen LogP contribution < -0.4 is 10.1 Å². The first-order valence-electron chi connectivity index (χ1n) is 8.78. The normalized spacial score (nSPS) is 27.0. The van der Waals surface area contributed by atoms with Gasteiger partial charge in [-0.1, -0.05) is 18.2 Å². The molecule has 0 aromatic heterocycles. The number of likely N-dealkylation sites (tertiary alicyclic amines) is 1. The molecule has 2 heterocycles. The Balaban J connectivity index is 1.69. The fraction of sp³-hybridized carbons (Fsp3) is 0.579. The minimum Gasteiger partial charge on any atom is -0.484 e. The molecule has 5 nitrogen and oxygen atoms in total. The molecule has 2 aliphatic heterocycles. The summed E-state index contributed by atoms with van der Waals surface area (Å²) in [5.41, 5.74) is 0.708. The van der Waals surface area contributed by atoms with E-state index in [9.17, 15) is 9.59 Å². The highest BCUT2D eigenvalue weighted by molar-refractivity contribution is 5.80. The highest BCUT2D eigenvalue weighted by atomic mass is 16.5. The van der Waals surface area contributed by atoms with E-state index in [-0.39, 0.29) is 30.0 Å². The maximum atomic E-state index is 12.8. The molecule has 0 unspecified atom stereocenters. The quantitative estimate of drug-likeness (QED) is 0.926. The highest BCUT2D eigenvalue weighted by Crippen LogP contribution is 2.33. The van der Waals surface area contributed by atoms with E-state index in [1.54, 1.807) is 0 Å². The lowest BCUT2D eigenvalue weighted by Gasteiger charge is -2.47. The van der Waals surface area contributed by atoms with Crippen LogP contribution in [-0.2, 0) is 9.59 Å². The molecule has 1 N–H and O–H groups in total. The van der Waals surface area contributed by atoms with Crippen LogP contribution in [0.1, 0.15) is 44.6 Å². The number of carbonyl (C=O) groups excluding carboxylic acids is 2. The van der Waals surface area contributed by atoms with E-state index in [0.29, 0.717) is 6.42 Å². The lowest BCUT2D eigenvalue weighted by Crippen LogP contribution is -2.64. The van der Waals surface area contributed by atoms with Crippen LogP contribution in [0.15, 0.2) is 24.3 Å². The molecule has 3 rings (SSSR count). The van der Waals surface area contributed by atoms with Crippen LogP contribution in [-0.4, -0.2) is 41.4 Å². The fourth-order valence-corrected chi connectivity index (χ4v) is 3.98. The number of para-hydroxylation sites is 1. The number of rotatable bonds is 3. The summed E-state index contributed by atoms with van der Waals surface area (Å²) in [6, 6.07) is 7.78. The Morgan fingerprint density at radius 3 is 2.96 bits per heavy atom. The van der Waals surface area contributed by atoms with Gasteiger partial charge in [0.15, 0.2) is 6.61 Å². The molecule has 0 spiro atoms. The second-order valence-electron chi connectivity index (χ2n) is 7.12. The number of benzene rings is 1. The van der Waals surface area contributed by atoms with E-state index in [1.807, 2.05) is 36.1 Å². The Hall–Kier alpha value is -2.04. The second kappa shape index (κ2) is 6.83. The van der Waals surface area contributed by atoms with Gasteiger partial charge in [-0.05, 0) is 51.2 Å². The van der Waals surface area contributed by atoms with E-state index < -0.39 is 0 Å². The van der Waals surface area contributed by atoms with Crippen LogP contribution in [0, 0.1) is 6.92 Å². The molecule has 0 bridgehead atoms. The van der Waals surface area contributed by atoms with Gasteiger partial charge in [0.25, 0.3) is 5.91 Å². The molecule has 130 valence electrons. The summed E-state index contributed by atoms with van der Waals surface area (Å²) in [6.07, 6.45) is 4.07. The molecular formula is C19H26N2O3. The molecule has 2 atom stereocenters. The monoisotopic (exact) mass is 330 g/mol. The maximum absolute atomic E-state index is 12.8. The van der Waals surface area contributed by atoms with Gasteiger partial charge < -0.3 is 15.0 Å². The Bertz CT molecular complexity index is 631. The minimum atomic E-state index is -0.315. The smallest absolute Gasteiger partial charge is 0.260 e. The predicted molar refractivity (Wildman–Crippen MR) is 91.8 cm³/mol. The molecule has 0 aliphatic carbocycles. The van der Waals surface area contributed by atoms with Crippen molar-refractivity contribution in [1.29, 1.82) is 0 Å². The van der Waals surface area contributed by atoms with Crippen molar-refractivity contribution in [2.75, 3.05) is 13.2 Å². The van der Waals surface area contributed by atoms with Crippen molar-refractivity contribution < 1.29 is 14.3 Å². The fourth-order valence-electron chi connectivity index (χ4n) is 3.98. The average molecular weight is 330 g/mol. The van der Waals surface area contributed by atoms with Crippen molar-refractivity contribution in [3.8, 4) is 5.75 Å². The van der Waals surface area contributed by atoms with Gasteiger partial charge in [-0.3, -0.25) is 9.59 Å². The Labute approximate surface area is 143 Å². The maximum Gasteiger partial charge on any atom is 0.260 e. The largest absolute Gasteiger partial charge is 0.484 e. The summed E-state index contributed by atoms with van der Waals surface area (Å²) in [6.45, 7) is 4.83. The van der Waals surface area contributed by atoms with E-state index in [0.717, 1.165) is 43.5 Å². The van der Waals surface area contributed by atoms with Gasteiger partial charge in [-0.25, -0.2) is 0 Å². The Kier molecular flexibility index (Phi) is 4.78. The van der Waals surface area contributed by atoms with Gasteiger partial charge in [-0.15, -0.1) is 0 Å². The van der Waals surface area contributed by atoms with Crippen molar-refractivity contribution in [2.45, 2.75) is 57.5 Å². The first-order valence-corrected chi connectivity index (χ1v) is 8.78. The Morgan fingerprint density at radius 2 is 2.17 bits per heavy atom. The first-order chi connectivity index (χ1) is 11.5. The molecule has 2 aliphatic rings. The van der Waals surface area contributed by atoms with Crippen LogP contribution in [0.3, 0.4) is 0 Å². The van der Waals surface area contributed by atoms with E-state index >= 15 is 0 Å². The van der Waals surface area contributed by atoms with Gasteiger partial charge in [0, 0.05) is 13.0 Å². The molecule has 2 amide bonds. The number of nitrogens with one attached hydrogen (secondary N) is 1. The lowest BCUT2D eigenvalue weighted by molar-refractivity contribution is -0.141. The zero-order valence-corrected chi connectivity index (χ0v) is 14.5. The molecule has 2 fully saturated rings. The van der Waals surface area contributed by atoms with Crippen LogP contribution in [0.2, 0.25) is 0 Å². The highest BCUT2D eigenvalue weighted by Gasteiger charge is 2.44. The first kappa shape index (κ1) is 16.8. The van der Waals surface area contributed by atoms with Crippen LogP contribution in [0.25, 0.3) is 0 Å². The Morgan fingerprint density at radius 1 is 1.38 bits per heavy atom. The molecule has 1 aromatic rings. The molecular weight excluding hydrogens is 304 g/mol. The number of hydrogen-bond donors (Lipinski definition) is 1. The summed E-state index contributed by atoms with van der Waals surface area (Å²) in [5, 5.41) is 3.15. The van der Waals surface area contributed by atoms with Crippen LogP contribution >= 0.6 is 0 Å². The summed E-state index contributed by atoms with van der Waals surface area (Å²) >= 11 is 0. The van der Waals surface area contributed by atoms with Crippen LogP contribution in [0.5, 0.6) is 5.75 Å². The minimum absolute atomic E-state index is 0.00493. The molecule has 5 heteroatoms. The number of ether oxygens (including phenoxy) is 1. The third kappa shape index (κ3) is 3.40. The number of amides is 2. The van der Waals surface area contributed by atoms with Crippen molar-refractivity contribution in [3.63, 3.8) is 0 Å². The zero-order chi connectivity index (χ0) is 17.2. The summed E-state index contributed by atoms with van der Waals surface area (Å²) in [5.74, 6) is 0.857. The number of nitrogens with zero attached hydrogens (tertiary/aromatic N) is 1. The van der Waals surface area contributed by atoms with Crippen molar-refractivity contribution in [1.82, 2.24) is 10.2 Å². The summed E-state index contributed by atoms with van der Waals surface area (Å²) < 4.78 is 5.74. The van der Waals surface area contributed by atoms with Gasteiger partial charge in [0.05, 0.1) is 11.6 Å². The number of hydrogen-bond acceptors (Lipinski definition) is 3. The molecule has 2 saturated heterocycles.